The summed E-state index contributed by atoms with van der Waals surface area (Å²) in [5.74, 6) is 0.491. The summed E-state index contributed by atoms with van der Waals surface area (Å²) in [6.45, 7) is 5.16. The number of carbonyl (C=O) groups excluding carboxylic acids is 1. The summed E-state index contributed by atoms with van der Waals surface area (Å²) in [5.41, 5.74) is 0.258. The molecule has 2 atom stereocenters. The van der Waals surface area contributed by atoms with Gasteiger partial charge < -0.3 is 15.0 Å². The Labute approximate surface area is 121 Å². The van der Waals surface area contributed by atoms with Gasteiger partial charge >= 0.3 is 0 Å². The normalized spacial score (nSPS) is 26.4. The van der Waals surface area contributed by atoms with Crippen LogP contribution in [0.4, 0.5) is 0 Å². The fraction of sp³-hybridized carbons (Fsp3) is 0.688. The molecule has 2 N–H and O–H groups in total. The van der Waals surface area contributed by atoms with Crippen molar-refractivity contribution in [3.05, 3.63) is 24.0 Å². The van der Waals surface area contributed by atoms with Crippen LogP contribution < -0.4 is 5.32 Å². The van der Waals surface area contributed by atoms with Crippen molar-refractivity contribution >= 4 is 5.91 Å². The predicted octanol–water partition coefficient (Wildman–Crippen LogP) is 2.57. The lowest BCUT2D eigenvalue weighted by Gasteiger charge is -2.39. The number of aliphatic hydroxyl groups excluding tert-OH is 1. The summed E-state index contributed by atoms with van der Waals surface area (Å²) in [5, 5.41) is 12.9. The van der Waals surface area contributed by atoms with E-state index in [1.807, 2.05) is 22.9 Å². The highest BCUT2D eigenvalue weighted by molar-refractivity contribution is 5.93. The number of carbonyl (C=O) groups is 1. The fourth-order valence-corrected chi connectivity index (χ4v) is 3.32. The molecule has 112 valence electrons. The van der Waals surface area contributed by atoms with Crippen molar-refractivity contribution in [3.63, 3.8) is 0 Å². The van der Waals surface area contributed by atoms with E-state index in [4.69, 9.17) is 0 Å². The molecule has 1 aromatic heterocycles. The van der Waals surface area contributed by atoms with Crippen molar-refractivity contribution in [2.75, 3.05) is 6.61 Å². The zero-order chi connectivity index (χ0) is 14.6. The number of aryl methyl sites for hydroxylation is 1. The first kappa shape index (κ1) is 15.1. The number of hydrogen-bond acceptors (Lipinski definition) is 2. The summed E-state index contributed by atoms with van der Waals surface area (Å²) < 4.78 is 1.98. The molecule has 0 aliphatic heterocycles. The number of nitrogens with one attached hydrogen (secondary N) is 1. The van der Waals surface area contributed by atoms with Crippen LogP contribution >= 0.6 is 0 Å². The SMILES string of the molecule is CCCn1cccc1C(=O)NC1(CO)CCCC(C)C1. The predicted molar refractivity (Wildman–Crippen MR) is 79.6 cm³/mol. The average Bonchev–Trinajstić information content (AvgIpc) is 2.87. The summed E-state index contributed by atoms with van der Waals surface area (Å²) in [6.07, 6.45) is 6.92. The molecule has 1 heterocycles. The molecule has 2 unspecified atom stereocenters. The Balaban J connectivity index is 2.10. The van der Waals surface area contributed by atoms with Gasteiger partial charge in [0.15, 0.2) is 0 Å². The summed E-state index contributed by atoms with van der Waals surface area (Å²) >= 11 is 0. The van der Waals surface area contributed by atoms with E-state index < -0.39 is 5.54 Å². The molecule has 0 bridgehead atoms. The van der Waals surface area contributed by atoms with Crippen LogP contribution in [0, 0.1) is 5.92 Å². The van der Waals surface area contributed by atoms with E-state index in [2.05, 4.69) is 19.2 Å². The maximum Gasteiger partial charge on any atom is 0.268 e. The molecule has 1 aliphatic carbocycles. The molecule has 1 amide bonds. The Hall–Kier alpha value is -1.29. The number of aromatic nitrogens is 1. The summed E-state index contributed by atoms with van der Waals surface area (Å²) in [7, 11) is 0. The summed E-state index contributed by atoms with van der Waals surface area (Å²) in [4.78, 5) is 12.5. The lowest BCUT2D eigenvalue weighted by Crippen LogP contribution is -2.54. The van der Waals surface area contributed by atoms with Crippen molar-refractivity contribution < 1.29 is 9.90 Å². The minimum atomic E-state index is -0.434. The quantitative estimate of drug-likeness (QED) is 0.869. The van der Waals surface area contributed by atoms with E-state index in [1.54, 1.807) is 0 Å². The van der Waals surface area contributed by atoms with Gasteiger partial charge in [0.1, 0.15) is 5.69 Å². The molecular formula is C16H26N2O2. The Morgan fingerprint density at radius 3 is 3.05 bits per heavy atom. The van der Waals surface area contributed by atoms with Gasteiger partial charge in [-0.15, -0.1) is 0 Å². The number of rotatable bonds is 5. The molecule has 1 fully saturated rings. The first-order valence-corrected chi connectivity index (χ1v) is 7.69. The third-order valence-corrected chi connectivity index (χ3v) is 4.30. The Kier molecular flexibility index (Phi) is 4.86. The largest absolute Gasteiger partial charge is 0.394 e. The fourth-order valence-electron chi connectivity index (χ4n) is 3.32. The topological polar surface area (TPSA) is 54.3 Å². The molecule has 1 saturated carbocycles. The minimum absolute atomic E-state index is 0.0254. The molecule has 4 nitrogen and oxygen atoms in total. The minimum Gasteiger partial charge on any atom is -0.394 e. The van der Waals surface area contributed by atoms with Crippen LogP contribution in [0.1, 0.15) is 56.4 Å². The second kappa shape index (κ2) is 6.44. The van der Waals surface area contributed by atoms with E-state index >= 15 is 0 Å². The highest BCUT2D eigenvalue weighted by Crippen LogP contribution is 2.32. The molecule has 0 saturated heterocycles. The van der Waals surface area contributed by atoms with Gasteiger partial charge in [-0.2, -0.15) is 0 Å². The number of aliphatic hydroxyl groups is 1. The van der Waals surface area contributed by atoms with Crippen molar-refractivity contribution in [1.29, 1.82) is 0 Å². The third kappa shape index (κ3) is 3.23. The van der Waals surface area contributed by atoms with Crippen LogP contribution in [0.2, 0.25) is 0 Å². The van der Waals surface area contributed by atoms with E-state index in [0.717, 1.165) is 32.2 Å². The monoisotopic (exact) mass is 278 g/mol. The molecular weight excluding hydrogens is 252 g/mol. The van der Waals surface area contributed by atoms with Gasteiger partial charge in [0.25, 0.3) is 5.91 Å². The first-order valence-electron chi connectivity index (χ1n) is 7.69. The van der Waals surface area contributed by atoms with Crippen LogP contribution in [0.3, 0.4) is 0 Å². The van der Waals surface area contributed by atoms with Crippen LogP contribution in [0.15, 0.2) is 18.3 Å². The number of nitrogens with zero attached hydrogens (tertiary/aromatic N) is 1. The maximum atomic E-state index is 12.5. The highest BCUT2D eigenvalue weighted by atomic mass is 16.3. The zero-order valence-corrected chi connectivity index (χ0v) is 12.6. The standard InChI is InChI=1S/C16H26N2O2/c1-3-9-18-10-5-7-14(18)15(20)17-16(12-19)8-4-6-13(2)11-16/h5,7,10,13,19H,3-4,6,8-9,11-12H2,1-2H3,(H,17,20). The van der Waals surface area contributed by atoms with Gasteiger partial charge in [0.2, 0.25) is 0 Å². The molecule has 0 spiro atoms. The molecule has 1 aliphatic rings. The molecule has 0 aromatic carbocycles. The molecule has 1 aromatic rings. The second-order valence-electron chi connectivity index (χ2n) is 6.18. The van der Waals surface area contributed by atoms with Crippen molar-refractivity contribution in [2.45, 2.75) is 58.0 Å². The van der Waals surface area contributed by atoms with Gasteiger partial charge in [-0.3, -0.25) is 4.79 Å². The van der Waals surface area contributed by atoms with Crippen LogP contribution in [0.25, 0.3) is 0 Å². The van der Waals surface area contributed by atoms with E-state index in [-0.39, 0.29) is 12.5 Å². The smallest absolute Gasteiger partial charge is 0.268 e. The Morgan fingerprint density at radius 1 is 1.60 bits per heavy atom. The lowest BCUT2D eigenvalue weighted by atomic mass is 9.77. The van der Waals surface area contributed by atoms with Gasteiger partial charge in [-0.1, -0.05) is 26.7 Å². The average molecular weight is 278 g/mol. The van der Waals surface area contributed by atoms with Gasteiger partial charge in [0, 0.05) is 12.7 Å². The molecule has 4 heteroatoms. The number of amides is 1. The van der Waals surface area contributed by atoms with E-state index in [0.29, 0.717) is 11.6 Å². The van der Waals surface area contributed by atoms with E-state index in [1.165, 1.54) is 6.42 Å². The second-order valence-corrected chi connectivity index (χ2v) is 6.18. The van der Waals surface area contributed by atoms with Crippen LogP contribution in [-0.4, -0.2) is 27.7 Å². The first-order chi connectivity index (χ1) is 9.60. The Bertz CT molecular complexity index is 455. The molecule has 2 rings (SSSR count). The van der Waals surface area contributed by atoms with Gasteiger partial charge in [0.05, 0.1) is 12.1 Å². The van der Waals surface area contributed by atoms with Gasteiger partial charge in [-0.05, 0) is 37.3 Å². The van der Waals surface area contributed by atoms with Crippen LogP contribution in [-0.2, 0) is 6.54 Å². The van der Waals surface area contributed by atoms with Crippen molar-refractivity contribution in [3.8, 4) is 0 Å². The zero-order valence-electron chi connectivity index (χ0n) is 12.6. The maximum absolute atomic E-state index is 12.5. The lowest BCUT2D eigenvalue weighted by molar-refractivity contribution is 0.0689. The molecule has 0 radical (unpaired) electrons. The van der Waals surface area contributed by atoms with Crippen molar-refractivity contribution in [1.82, 2.24) is 9.88 Å². The van der Waals surface area contributed by atoms with Gasteiger partial charge in [-0.25, -0.2) is 0 Å². The Morgan fingerprint density at radius 2 is 2.40 bits per heavy atom. The number of hydrogen-bond donors (Lipinski definition) is 2. The van der Waals surface area contributed by atoms with E-state index in [9.17, 15) is 9.90 Å². The van der Waals surface area contributed by atoms with Crippen molar-refractivity contribution in [2.24, 2.45) is 5.92 Å². The highest BCUT2D eigenvalue weighted by Gasteiger charge is 2.36. The third-order valence-electron chi connectivity index (χ3n) is 4.30. The summed E-state index contributed by atoms with van der Waals surface area (Å²) in [6, 6.07) is 3.75. The van der Waals surface area contributed by atoms with Crippen LogP contribution in [0.5, 0.6) is 0 Å². The molecule has 20 heavy (non-hydrogen) atoms.